The van der Waals surface area contributed by atoms with E-state index in [0.29, 0.717) is 30.2 Å². The molecule has 3 aromatic rings. The maximum atomic E-state index is 14.5. The maximum absolute atomic E-state index is 14.5. The molecule has 0 N–H and O–H groups in total. The zero-order valence-corrected chi connectivity index (χ0v) is 16.7. The van der Waals surface area contributed by atoms with E-state index in [1.165, 1.54) is 12.4 Å². The van der Waals surface area contributed by atoms with Gasteiger partial charge in [0.05, 0.1) is 0 Å². The van der Waals surface area contributed by atoms with Crippen LogP contribution in [0.5, 0.6) is 11.5 Å². The Morgan fingerprint density at radius 1 is 0.818 bits per heavy atom. The Hall–Kier alpha value is -3.44. The lowest BCUT2D eigenvalue weighted by Crippen LogP contribution is -2.25. The molecule has 1 heterocycles. The first-order chi connectivity index (χ1) is 15.4. The Balaban J connectivity index is 1.84. The molecule has 0 bridgehead atoms. The monoisotopic (exact) mass is 478 g/mol. The highest BCUT2D eigenvalue weighted by Gasteiger charge is 2.38. The Bertz CT molecular complexity index is 1110. The van der Waals surface area contributed by atoms with Crippen LogP contribution in [-0.4, -0.2) is 16.3 Å². The fourth-order valence-electron chi connectivity index (χ4n) is 2.84. The molecule has 0 atom stereocenters. The van der Waals surface area contributed by atoms with E-state index in [1.54, 1.807) is 0 Å². The number of halogens is 8. The molecule has 1 aromatic heterocycles. The molecule has 0 saturated carbocycles. The number of aromatic nitrogens is 2. The van der Waals surface area contributed by atoms with E-state index in [1.807, 2.05) is 6.92 Å². The topological polar surface area (TPSA) is 44.2 Å². The van der Waals surface area contributed by atoms with E-state index in [4.69, 9.17) is 0 Å². The minimum Gasteiger partial charge on any atom is -0.426 e. The molecule has 12 heteroatoms. The highest BCUT2D eigenvalue weighted by atomic mass is 19.4. The van der Waals surface area contributed by atoms with Crippen molar-refractivity contribution < 1.29 is 44.6 Å². The van der Waals surface area contributed by atoms with E-state index in [-0.39, 0.29) is 0 Å². The highest BCUT2D eigenvalue weighted by Crippen LogP contribution is 2.36. The smallest absolute Gasteiger partial charge is 0.426 e. The van der Waals surface area contributed by atoms with Crippen LogP contribution in [0.4, 0.5) is 35.1 Å². The van der Waals surface area contributed by atoms with Gasteiger partial charge in [0.2, 0.25) is 11.6 Å². The fourth-order valence-corrected chi connectivity index (χ4v) is 2.84. The zero-order chi connectivity index (χ0) is 24.4. The molecule has 0 amide bonds. The molecule has 0 aliphatic carbocycles. The number of hydrogen-bond donors (Lipinski definition) is 0. The minimum atomic E-state index is -5.35. The van der Waals surface area contributed by atoms with Crippen LogP contribution in [-0.2, 0) is 12.5 Å². The molecule has 3 rings (SSSR count). The zero-order valence-electron chi connectivity index (χ0n) is 16.7. The summed E-state index contributed by atoms with van der Waals surface area (Å²) in [6.45, 7) is 1.89. The van der Waals surface area contributed by atoms with E-state index < -0.39 is 58.4 Å². The van der Waals surface area contributed by atoms with Gasteiger partial charge in [0.1, 0.15) is 11.6 Å². The molecule has 33 heavy (non-hydrogen) atoms. The van der Waals surface area contributed by atoms with Gasteiger partial charge in [0.15, 0.2) is 11.6 Å². The van der Waals surface area contributed by atoms with Crippen molar-refractivity contribution in [2.24, 2.45) is 0 Å². The molecule has 0 aliphatic rings. The molecule has 2 aromatic carbocycles. The predicted octanol–water partition coefficient (Wildman–Crippen LogP) is 6.54. The van der Waals surface area contributed by atoms with Gasteiger partial charge in [-0.3, -0.25) is 0 Å². The molecular formula is C21H14F8N2O2. The van der Waals surface area contributed by atoms with Crippen molar-refractivity contribution in [1.29, 1.82) is 0 Å². The fraction of sp³-hybridized carbons (Fsp3) is 0.238. The molecule has 0 spiro atoms. The first-order valence-corrected chi connectivity index (χ1v) is 9.32. The van der Waals surface area contributed by atoms with Gasteiger partial charge in [-0.15, -0.1) is 13.2 Å². The first-order valence-electron chi connectivity index (χ1n) is 9.32. The summed E-state index contributed by atoms with van der Waals surface area (Å²) in [6, 6.07) is 3.08. The van der Waals surface area contributed by atoms with Gasteiger partial charge in [-0.05, 0) is 41.8 Å². The number of ether oxygens (including phenoxy) is 2. The normalized spacial score (nSPS) is 12.0. The van der Waals surface area contributed by atoms with Gasteiger partial charge in [0, 0.05) is 24.0 Å². The van der Waals surface area contributed by atoms with Gasteiger partial charge >= 0.3 is 12.5 Å². The van der Waals surface area contributed by atoms with E-state index in [0.717, 1.165) is 18.6 Å². The minimum absolute atomic E-state index is 0.406. The van der Waals surface area contributed by atoms with Crippen LogP contribution in [0.15, 0.2) is 42.7 Å². The number of nitrogens with zero attached hydrogens (tertiary/aromatic N) is 2. The summed E-state index contributed by atoms with van der Waals surface area (Å²) >= 11 is 0. The van der Waals surface area contributed by atoms with Gasteiger partial charge in [-0.25, -0.2) is 23.1 Å². The first kappa shape index (κ1) is 24.2. The Labute approximate surface area is 181 Å². The molecule has 4 nitrogen and oxygen atoms in total. The Morgan fingerprint density at radius 2 is 1.42 bits per heavy atom. The Kier molecular flexibility index (Phi) is 6.75. The van der Waals surface area contributed by atoms with Crippen LogP contribution >= 0.6 is 0 Å². The molecule has 0 unspecified atom stereocenters. The summed E-state index contributed by atoms with van der Waals surface area (Å²) < 4.78 is 115. The number of benzene rings is 2. The van der Waals surface area contributed by atoms with Crippen molar-refractivity contribution in [3.63, 3.8) is 0 Å². The van der Waals surface area contributed by atoms with Crippen LogP contribution in [0.3, 0.4) is 0 Å². The molecule has 0 aliphatic heterocycles. The molecule has 0 saturated heterocycles. The van der Waals surface area contributed by atoms with Crippen molar-refractivity contribution in [2.45, 2.75) is 32.2 Å². The van der Waals surface area contributed by atoms with Gasteiger partial charge < -0.3 is 9.47 Å². The largest absolute Gasteiger partial charge is 0.573 e. The second-order valence-electron chi connectivity index (χ2n) is 6.74. The van der Waals surface area contributed by atoms with E-state index >= 15 is 0 Å². The second-order valence-corrected chi connectivity index (χ2v) is 6.74. The van der Waals surface area contributed by atoms with Crippen LogP contribution in [0.2, 0.25) is 0 Å². The summed E-state index contributed by atoms with van der Waals surface area (Å²) in [5, 5.41) is 0. The van der Waals surface area contributed by atoms with Gasteiger partial charge in [0.25, 0.3) is 0 Å². The van der Waals surface area contributed by atoms with E-state index in [9.17, 15) is 35.1 Å². The van der Waals surface area contributed by atoms with Crippen molar-refractivity contribution in [3.8, 4) is 22.6 Å². The number of aryl methyl sites for hydroxylation is 1. The Morgan fingerprint density at radius 3 is 1.94 bits per heavy atom. The molecule has 0 radical (unpaired) electrons. The average molecular weight is 478 g/mol. The summed E-state index contributed by atoms with van der Waals surface area (Å²) in [5.74, 6) is -8.03. The highest BCUT2D eigenvalue weighted by molar-refractivity contribution is 5.66. The number of rotatable bonds is 7. The van der Waals surface area contributed by atoms with Crippen molar-refractivity contribution in [1.82, 2.24) is 9.97 Å². The third-order valence-corrected chi connectivity index (χ3v) is 4.22. The molecular weight excluding hydrogens is 464 g/mol. The van der Waals surface area contributed by atoms with Crippen LogP contribution < -0.4 is 9.47 Å². The second kappa shape index (κ2) is 9.20. The predicted molar refractivity (Wildman–Crippen MR) is 99.0 cm³/mol. The van der Waals surface area contributed by atoms with Crippen LogP contribution in [0.1, 0.15) is 24.7 Å². The van der Waals surface area contributed by atoms with Crippen molar-refractivity contribution in [2.75, 3.05) is 0 Å². The van der Waals surface area contributed by atoms with Crippen LogP contribution in [0.25, 0.3) is 11.1 Å². The van der Waals surface area contributed by atoms with Gasteiger partial charge in [-0.2, -0.15) is 8.78 Å². The molecule has 0 fully saturated rings. The summed E-state index contributed by atoms with van der Waals surface area (Å²) in [7, 11) is 0. The maximum Gasteiger partial charge on any atom is 0.573 e. The summed E-state index contributed by atoms with van der Waals surface area (Å²) in [6.07, 6.45) is -5.60. The average Bonchev–Trinajstić information content (AvgIpc) is 2.70. The standard InChI is InChI=1S/C21H14F8N2O2/c1-2-3-11-9-30-19(31-10-11)20(25,26)32-13-4-5-14(15(22)8-13)12-6-16(23)18(17(24)7-12)33-21(27,28)29/h4-10H,2-3H2,1H3. The molecule has 176 valence electrons. The van der Waals surface area contributed by atoms with Gasteiger partial charge in [-0.1, -0.05) is 13.3 Å². The quantitative estimate of drug-likeness (QED) is 0.362. The third-order valence-electron chi connectivity index (χ3n) is 4.22. The summed E-state index contributed by atoms with van der Waals surface area (Å²) in [5.41, 5.74) is -0.342. The third kappa shape index (κ3) is 5.88. The number of hydrogen-bond acceptors (Lipinski definition) is 4. The lowest BCUT2D eigenvalue weighted by molar-refractivity contribution is -0.276. The van der Waals surface area contributed by atoms with Crippen molar-refractivity contribution in [3.05, 3.63) is 71.6 Å². The lowest BCUT2D eigenvalue weighted by Gasteiger charge is -2.17. The van der Waals surface area contributed by atoms with Crippen molar-refractivity contribution >= 4 is 0 Å². The van der Waals surface area contributed by atoms with E-state index in [2.05, 4.69) is 19.4 Å². The number of alkyl halides is 5. The van der Waals surface area contributed by atoms with Crippen LogP contribution in [0, 0.1) is 17.5 Å². The summed E-state index contributed by atoms with van der Waals surface area (Å²) in [4.78, 5) is 7.10. The lowest BCUT2D eigenvalue weighted by atomic mass is 10.0. The SMILES string of the molecule is CCCc1cnc(C(F)(F)Oc2ccc(-c3cc(F)c(OC(F)(F)F)c(F)c3)c(F)c2)nc1.